The smallest absolute Gasteiger partial charge is 0.260 e. The van der Waals surface area contributed by atoms with E-state index in [-0.39, 0.29) is 11.4 Å². The van der Waals surface area contributed by atoms with E-state index in [9.17, 15) is 9.18 Å². The highest BCUT2D eigenvalue weighted by atomic mass is 32.2. The molecule has 2 heterocycles. The number of hydrogen-bond donors (Lipinski definition) is 1. The third-order valence-electron chi connectivity index (χ3n) is 5.40. The van der Waals surface area contributed by atoms with Crippen molar-refractivity contribution in [3.8, 4) is 11.1 Å². The van der Waals surface area contributed by atoms with Gasteiger partial charge in [0.05, 0.1) is 5.39 Å². The number of aryl methyl sites for hydroxylation is 2. The fraction of sp³-hybridized carbons (Fsp3) is 0.217. The Hall–Kier alpha value is -2.44. The lowest BCUT2D eigenvalue weighted by molar-refractivity contribution is 0.617. The van der Waals surface area contributed by atoms with Gasteiger partial charge >= 0.3 is 0 Å². The molecule has 0 aliphatic heterocycles. The van der Waals surface area contributed by atoms with Gasteiger partial charge in [-0.1, -0.05) is 48.2 Å². The van der Waals surface area contributed by atoms with E-state index in [1.807, 2.05) is 11.4 Å². The molecule has 29 heavy (non-hydrogen) atoms. The van der Waals surface area contributed by atoms with Crippen LogP contribution in [0.25, 0.3) is 21.3 Å². The third kappa shape index (κ3) is 3.63. The molecular weight excluding hydrogens is 403 g/mol. The Morgan fingerprint density at radius 1 is 1.10 bits per heavy atom. The monoisotopic (exact) mass is 422 g/mol. The quantitative estimate of drug-likeness (QED) is 0.326. The molecule has 0 bridgehead atoms. The number of aromatic nitrogens is 2. The number of aromatic amines is 1. The SMILES string of the molecule is O=c1[nH]c(SCc2ccccc2F)nc2scc(-c3ccc4c(c3)CCCC4)c12. The molecule has 5 rings (SSSR count). The molecule has 0 fully saturated rings. The van der Waals surface area contributed by atoms with Gasteiger partial charge in [-0.15, -0.1) is 11.3 Å². The van der Waals surface area contributed by atoms with Crippen molar-refractivity contribution in [2.24, 2.45) is 0 Å². The Labute approximate surface area is 176 Å². The Kier molecular flexibility index (Phi) is 4.97. The van der Waals surface area contributed by atoms with Crippen LogP contribution in [0.5, 0.6) is 0 Å². The maximum absolute atomic E-state index is 13.8. The van der Waals surface area contributed by atoms with E-state index in [4.69, 9.17) is 0 Å². The molecule has 1 aliphatic carbocycles. The van der Waals surface area contributed by atoms with E-state index >= 15 is 0 Å². The zero-order valence-corrected chi connectivity index (χ0v) is 17.3. The van der Waals surface area contributed by atoms with Crippen molar-refractivity contribution in [1.82, 2.24) is 9.97 Å². The fourth-order valence-electron chi connectivity index (χ4n) is 3.87. The average molecular weight is 423 g/mol. The fourth-order valence-corrected chi connectivity index (χ4v) is 5.73. The standard InChI is InChI=1S/C23H19FN2OS2/c24-19-8-4-3-7-17(19)12-29-23-25-21(27)20-18(13-28-22(20)26-23)16-10-9-14-5-1-2-6-15(14)11-16/h3-4,7-11,13H,1-2,5-6,12H2,(H,25,26,27). The molecule has 1 N–H and O–H groups in total. The third-order valence-corrected chi connectivity index (χ3v) is 7.20. The summed E-state index contributed by atoms with van der Waals surface area (Å²) in [6.45, 7) is 0. The molecule has 2 aromatic heterocycles. The van der Waals surface area contributed by atoms with Crippen molar-refractivity contribution in [2.45, 2.75) is 36.6 Å². The van der Waals surface area contributed by atoms with Gasteiger partial charge in [-0.2, -0.15) is 0 Å². The number of thioether (sulfide) groups is 1. The molecule has 4 aromatic rings. The number of fused-ring (bicyclic) bond motifs is 2. The summed E-state index contributed by atoms with van der Waals surface area (Å²) in [7, 11) is 0. The van der Waals surface area contributed by atoms with Gasteiger partial charge in [-0.05, 0) is 54.0 Å². The van der Waals surface area contributed by atoms with Gasteiger partial charge in [0.1, 0.15) is 10.6 Å². The van der Waals surface area contributed by atoms with Crippen molar-refractivity contribution in [3.63, 3.8) is 0 Å². The number of nitrogens with one attached hydrogen (secondary N) is 1. The number of benzene rings is 2. The number of halogens is 1. The van der Waals surface area contributed by atoms with Crippen molar-refractivity contribution < 1.29 is 4.39 Å². The number of hydrogen-bond acceptors (Lipinski definition) is 4. The second-order valence-electron chi connectivity index (χ2n) is 7.27. The Balaban J connectivity index is 1.47. The van der Waals surface area contributed by atoms with E-state index in [1.54, 1.807) is 12.1 Å². The van der Waals surface area contributed by atoms with Gasteiger partial charge in [0.15, 0.2) is 5.16 Å². The average Bonchev–Trinajstić information content (AvgIpc) is 3.17. The Bertz CT molecular complexity index is 1260. The number of rotatable bonds is 4. The molecular formula is C23H19FN2OS2. The Morgan fingerprint density at radius 3 is 2.79 bits per heavy atom. The van der Waals surface area contributed by atoms with E-state index in [0.717, 1.165) is 28.8 Å². The maximum atomic E-state index is 13.8. The molecule has 0 spiro atoms. The predicted octanol–water partition coefficient (Wildman–Crippen LogP) is 5.96. The molecule has 1 aliphatic rings. The summed E-state index contributed by atoms with van der Waals surface area (Å²) in [6, 6.07) is 13.2. The molecule has 2 aromatic carbocycles. The highest BCUT2D eigenvalue weighted by molar-refractivity contribution is 7.98. The van der Waals surface area contributed by atoms with Crippen LogP contribution in [0.4, 0.5) is 4.39 Å². The van der Waals surface area contributed by atoms with Crippen LogP contribution < -0.4 is 5.56 Å². The highest BCUT2D eigenvalue weighted by Gasteiger charge is 2.16. The summed E-state index contributed by atoms with van der Waals surface area (Å²) in [5.41, 5.74) is 5.31. The first kappa shape index (κ1) is 18.6. The van der Waals surface area contributed by atoms with E-state index < -0.39 is 0 Å². The first-order valence-corrected chi connectivity index (χ1v) is 11.6. The first-order valence-electron chi connectivity index (χ1n) is 9.69. The van der Waals surface area contributed by atoms with Crippen molar-refractivity contribution >= 4 is 33.3 Å². The van der Waals surface area contributed by atoms with Gasteiger partial charge in [-0.3, -0.25) is 4.79 Å². The van der Waals surface area contributed by atoms with Crippen molar-refractivity contribution in [2.75, 3.05) is 0 Å². The molecule has 0 saturated heterocycles. The summed E-state index contributed by atoms with van der Waals surface area (Å²) in [5.74, 6) is 0.179. The van der Waals surface area contributed by atoms with Gasteiger partial charge in [0, 0.05) is 16.7 Å². The van der Waals surface area contributed by atoms with Crippen LogP contribution in [-0.4, -0.2) is 9.97 Å². The van der Waals surface area contributed by atoms with E-state index in [1.165, 1.54) is 53.1 Å². The van der Waals surface area contributed by atoms with Crippen LogP contribution in [-0.2, 0) is 18.6 Å². The lowest BCUT2D eigenvalue weighted by atomic mass is 9.89. The first-order chi connectivity index (χ1) is 14.2. The zero-order valence-electron chi connectivity index (χ0n) is 15.7. The maximum Gasteiger partial charge on any atom is 0.260 e. The summed E-state index contributed by atoms with van der Waals surface area (Å²) < 4.78 is 13.8. The largest absolute Gasteiger partial charge is 0.301 e. The molecule has 0 amide bonds. The molecule has 0 atom stereocenters. The minimum Gasteiger partial charge on any atom is -0.301 e. The van der Waals surface area contributed by atoms with E-state index in [0.29, 0.717) is 21.9 Å². The van der Waals surface area contributed by atoms with Gasteiger partial charge < -0.3 is 4.98 Å². The lowest BCUT2D eigenvalue weighted by Crippen LogP contribution is -2.09. The van der Waals surface area contributed by atoms with Gasteiger partial charge in [0.2, 0.25) is 0 Å². The van der Waals surface area contributed by atoms with E-state index in [2.05, 4.69) is 28.2 Å². The normalized spacial score (nSPS) is 13.6. The molecule has 6 heteroatoms. The van der Waals surface area contributed by atoms with Crippen LogP contribution in [0.15, 0.2) is 57.8 Å². The van der Waals surface area contributed by atoms with Crippen molar-refractivity contribution in [1.29, 1.82) is 0 Å². The predicted molar refractivity (Wildman–Crippen MR) is 118 cm³/mol. The molecule has 0 radical (unpaired) electrons. The zero-order chi connectivity index (χ0) is 19.8. The second kappa shape index (κ2) is 7.76. The van der Waals surface area contributed by atoms with Crippen LogP contribution in [0.1, 0.15) is 29.5 Å². The van der Waals surface area contributed by atoms with Gasteiger partial charge in [0.25, 0.3) is 5.56 Å². The van der Waals surface area contributed by atoms with Crippen LogP contribution in [0.3, 0.4) is 0 Å². The molecule has 0 unspecified atom stereocenters. The summed E-state index contributed by atoms with van der Waals surface area (Å²) in [5, 5.41) is 3.17. The number of H-pyrrole nitrogens is 1. The summed E-state index contributed by atoms with van der Waals surface area (Å²) in [6.07, 6.45) is 4.73. The number of nitrogens with zero attached hydrogens (tertiary/aromatic N) is 1. The minimum atomic E-state index is -0.241. The second-order valence-corrected chi connectivity index (χ2v) is 9.09. The molecule has 3 nitrogen and oxygen atoms in total. The van der Waals surface area contributed by atoms with Crippen LogP contribution >= 0.6 is 23.1 Å². The van der Waals surface area contributed by atoms with Crippen molar-refractivity contribution in [3.05, 3.63) is 80.7 Å². The molecule has 0 saturated carbocycles. The minimum absolute atomic E-state index is 0.139. The molecule has 146 valence electrons. The summed E-state index contributed by atoms with van der Waals surface area (Å²) in [4.78, 5) is 21.1. The Morgan fingerprint density at radius 2 is 1.93 bits per heavy atom. The number of thiophene rings is 1. The lowest BCUT2D eigenvalue weighted by Gasteiger charge is -2.16. The topological polar surface area (TPSA) is 45.8 Å². The van der Waals surface area contributed by atoms with Crippen LogP contribution in [0, 0.1) is 5.82 Å². The highest BCUT2D eigenvalue weighted by Crippen LogP contribution is 2.34. The summed E-state index contributed by atoms with van der Waals surface area (Å²) >= 11 is 2.82. The van der Waals surface area contributed by atoms with Gasteiger partial charge in [-0.25, -0.2) is 9.37 Å². The van der Waals surface area contributed by atoms with Crippen LogP contribution in [0.2, 0.25) is 0 Å².